The Balaban J connectivity index is 1.71. The lowest BCUT2D eigenvalue weighted by atomic mass is 10.2. The number of nitrogens with zero attached hydrogens (tertiary/aromatic N) is 7. The van der Waals surface area contributed by atoms with Gasteiger partial charge in [0.15, 0.2) is 0 Å². The molecular weight excluding hydrogens is 481 g/mol. The van der Waals surface area contributed by atoms with Gasteiger partial charge in [-0.25, -0.2) is 13.4 Å². The van der Waals surface area contributed by atoms with E-state index in [2.05, 4.69) is 15.3 Å². The molecule has 4 aromatic rings. The molecule has 1 aliphatic carbocycles. The van der Waals surface area contributed by atoms with Gasteiger partial charge < -0.3 is 4.42 Å². The van der Waals surface area contributed by atoms with E-state index in [1.165, 1.54) is 22.8 Å². The van der Waals surface area contributed by atoms with Gasteiger partial charge in [0.25, 0.3) is 16.8 Å². The van der Waals surface area contributed by atoms with Crippen LogP contribution in [0.5, 0.6) is 0 Å². The van der Waals surface area contributed by atoms with E-state index >= 15 is 0 Å². The Kier molecular flexibility index (Phi) is 5.63. The highest BCUT2D eigenvalue weighted by atomic mass is 32.2. The molecule has 3 aromatic heterocycles. The van der Waals surface area contributed by atoms with Crippen molar-refractivity contribution < 1.29 is 17.6 Å². The number of hydrogen-bond acceptors (Lipinski definition) is 7. The van der Waals surface area contributed by atoms with Crippen molar-refractivity contribution in [1.29, 1.82) is 0 Å². The van der Waals surface area contributed by atoms with Crippen molar-refractivity contribution in [3.05, 3.63) is 68.8 Å². The van der Waals surface area contributed by atoms with Gasteiger partial charge in [-0.15, -0.1) is 10.2 Å². The van der Waals surface area contributed by atoms with Gasteiger partial charge in [0.1, 0.15) is 13.2 Å². The summed E-state index contributed by atoms with van der Waals surface area (Å²) >= 11 is -2.51. The smallest absolute Gasteiger partial charge is 0.332 e. The van der Waals surface area contributed by atoms with Gasteiger partial charge in [0, 0.05) is 25.7 Å². The van der Waals surface area contributed by atoms with Gasteiger partial charge in [0.2, 0.25) is 11.8 Å². The first-order valence-electron chi connectivity index (χ1n) is 10.7. The summed E-state index contributed by atoms with van der Waals surface area (Å²) in [5.41, 5.74) is -1.16. The molecule has 0 bridgehead atoms. The molecule has 0 saturated heterocycles. The Hall–Kier alpha value is -3.65. The van der Waals surface area contributed by atoms with Crippen LogP contribution >= 0.6 is 0 Å². The normalized spacial score (nSPS) is 15.4. The van der Waals surface area contributed by atoms with Crippen molar-refractivity contribution in [1.82, 2.24) is 29.1 Å². The number of halogens is 1. The molecule has 0 aliphatic heterocycles. The molecule has 1 aromatic carbocycles. The van der Waals surface area contributed by atoms with Crippen molar-refractivity contribution in [3.8, 4) is 0 Å². The first-order valence-corrected chi connectivity index (χ1v) is 11.8. The minimum atomic E-state index is -2.51. The Labute approximate surface area is 200 Å². The van der Waals surface area contributed by atoms with E-state index in [0.29, 0.717) is 24.3 Å². The molecule has 0 radical (unpaired) electrons. The highest BCUT2D eigenvalue weighted by Crippen LogP contribution is 2.45. The third kappa shape index (κ3) is 4.08. The Morgan fingerprint density at radius 1 is 1.23 bits per heavy atom. The van der Waals surface area contributed by atoms with Crippen molar-refractivity contribution >= 4 is 27.9 Å². The fraction of sp³-hybridized carbons (Fsp3) is 0.381. The van der Waals surface area contributed by atoms with Crippen LogP contribution in [0.4, 0.5) is 10.1 Å². The average molecular weight is 504 g/mol. The SMILES string of the molecule is Cc1nnc(Cn2c(=O)n(Cc3cnn(C)c3)c(=O)c3cc(N(S(=O)O)C4(CF)CC4)ccc32)o1. The number of anilines is 1. The number of alkyl halides is 1. The summed E-state index contributed by atoms with van der Waals surface area (Å²) in [4.78, 5) is 26.9. The molecule has 1 saturated carbocycles. The van der Waals surface area contributed by atoms with Gasteiger partial charge in [-0.1, -0.05) is 0 Å². The third-order valence-electron chi connectivity index (χ3n) is 6.07. The van der Waals surface area contributed by atoms with Crippen LogP contribution in [-0.2, 0) is 31.4 Å². The summed E-state index contributed by atoms with van der Waals surface area (Å²) in [5, 5.41) is 11.9. The number of rotatable bonds is 8. The van der Waals surface area contributed by atoms with Crippen molar-refractivity contribution in [2.75, 3.05) is 11.0 Å². The molecule has 1 fully saturated rings. The highest BCUT2D eigenvalue weighted by molar-refractivity contribution is 7.80. The summed E-state index contributed by atoms with van der Waals surface area (Å²) in [6.45, 7) is 0.680. The lowest BCUT2D eigenvalue weighted by Crippen LogP contribution is -2.42. The first-order chi connectivity index (χ1) is 16.7. The molecule has 1 aliphatic rings. The predicted octanol–water partition coefficient (Wildman–Crippen LogP) is 1.13. The van der Waals surface area contributed by atoms with Crippen LogP contribution in [0.2, 0.25) is 0 Å². The van der Waals surface area contributed by atoms with E-state index in [0.717, 1.165) is 8.87 Å². The predicted molar refractivity (Wildman–Crippen MR) is 124 cm³/mol. The molecule has 12 nitrogen and oxygen atoms in total. The molecule has 14 heteroatoms. The fourth-order valence-electron chi connectivity index (χ4n) is 4.17. The van der Waals surface area contributed by atoms with Gasteiger partial charge >= 0.3 is 5.69 Å². The maximum atomic E-state index is 13.8. The second kappa shape index (κ2) is 8.53. The summed E-state index contributed by atoms with van der Waals surface area (Å²) in [6.07, 6.45) is 4.06. The maximum absolute atomic E-state index is 13.8. The Morgan fingerprint density at radius 3 is 2.57 bits per heavy atom. The van der Waals surface area contributed by atoms with Crippen LogP contribution in [0.15, 0.2) is 44.6 Å². The molecule has 35 heavy (non-hydrogen) atoms. The monoisotopic (exact) mass is 503 g/mol. The molecule has 3 heterocycles. The van der Waals surface area contributed by atoms with E-state index < -0.39 is 34.7 Å². The maximum Gasteiger partial charge on any atom is 0.332 e. The Morgan fingerprint density at radius 2 is 2.00 bits per heavy atom. The zero-order chi connectivity index (χ0) is 24.9. The minimum absolute atomic E-state index is 0.0431. The zero-order valence-electron chi connectivity index (χ0n) is 18.9. The number of hydrogen-bond donors (Lipinski definition) is 1. The summed E-state index contributed by atoms with van der Waals surface area (Å²) in [6, 6.07) is 4.40. The van der Waals surface area contributed by atoms with Gasteiger partial charge in [-0.3, -0.25) is 27.5 Å². The molecular formula is C21H22FN7O5S. The van der Waals surface area contributed by atoms with Crippen LogP contribution in [0, 0.1) is 6.92 Å². The van der Waals surface area contributed by atoms with Crippen LogP contribution in [0.1, 0.15) is 30.2 Å². The molecule has 184 valence electrons. The van der Waals surface area contributed by atoms with E-state index in [-0.39, 0.29) is 35.6 Å². The molecule has 1 unspecified atom stereocenters. The summed E-state index contributed by atoms with van der Waals surface area (Å²) in [7, 11) is 1.72. The number of fused-ring (bicyclic) bond motifs is 1. The molecule has 1 atom stereocenters. The quantitative estimate of drug-likeness (QED) is 0.353. The van der Waals surface area contributed by atoms with Crippen LogP contribution in [-0.4, -0.2) is 50.1 Å². The van der Waals surface area contributed by atoms with E-state index in [9.17, 15) is 22.7 Å². The first kappa shape index (κ1) is 23.1. The fourth-order valence-corrected chi connectivity index (χ4v) is 5.02. The van der Waals surface area contributed by atoms with Crippen molar-refractivity contribution in [2.45, 2.75) is 38.4 Å². The van der Waals surface area contributed by atoms with Crippen LogP contribution < -0.4 is 15.6 Å². The third-order valence-corrected chi connectivity index (χ3v) is 6.98. The average Bonchev–Trinajstić information content (AvgIpc) is 3.31. The molecule has 0 amide bonds. The molecule has 0 spiro atoms. The second-order valence-electron chi connectivity index (χ2n) is 8.58. The standard InChI is InChI=1S/C21H22FN7O5S/c1-13-24-25-18(34-13)11-27-17-4-3-15(29(35(32)33)21(12-22)5-6-21)7-16(17)19(30)28(20(27)31)10-14-8-23-26(2)9-14/h3-4,7-9H,5-6,10-12H2,1-2H3,(H,32,33). The van der Waals surface area contributed by atoms with E-state index in [1.807, 2.05) is 0 Å². The molecule has 1 N–H and O–H groups in total. The van der Waals surface area contributed by atoms with Gasteiger partial charge in [0.05, 0.1) is 34.9 Å². The van der Waals surface area contributed by atoms with Crippen LogP contribution in [0.3, 0.4) is 0 Å². The van der Waals surface area contributed by atoms with Crippen LogP contribution in [0.25, 0.3) is 10.9 Å². The highest BCUT2D eigenvalue weighted by Gasteiger charge is 2.51. The van der Waals surface area contributed by atoms with Crippen molar-refractivity contribution in [3.63, 3.8) is 0 Å². The lowest BCUT2D eigenvalue weighted by molar-refractivity contribution is 0.413. The zero-order valence-corrected chi connectivity index (χ0v) is 19.7. The van der Waals surface area contributed by atoms with E-state index in [1.54, 1.807) is 31.0 Å². The minimum Gasteiger partial charge on any atom is -0.424 e. The van der Waals surface area contributed by atoms with Gasteiger partial charge in [-0.05, 0) is 31.0 Å². The number of aryl methyl sites for hydroxylation is 2. The largest absolute Gasteiger partial charge is 0.424 e. The van der Waals surface area contributed by atoms with Gasteiger partial charge in [-0.2, -0.15) is 5.10 Å². The Bertz CT molecular complexity index is 1570. The summed E-state index contributed by atoms with van der Waals surface area (Å²) < 4.78 is 46.3. The topological polar surface area (TPSA) is 141 Å². The van der Waals surface area contributed by atoms with E-state index in [4.69, 9.17) is 4.42 Å². The second-order valence-corrected chi connectivity index (χ2v) is 9.41. The lowest BCUT2D eigenvalue weighted by Gasteiger charge is -2.28. The summed E-state index contributed by atoms with van der Waals surface area (Å²) in [5.74, 6) is 0.499. The number of benzene rings is 1. The number of aromatic nitrogens is 6. The van der Waals surface area contributed by atoms with Crippen molar-refractivity contribution in [2.24, 2.45) is 7.05 Å². The molecule has 5 rings (SSSR count).